The highest BCUT2D eigenvalue weighted by Crippen LogP contribution is 2.35. The number of carbonyl (C=O) groups excluding carboxylic acids is 3. The lowest BCUT2D eigenvalue weighted by Gasteiger charge is -2.48. The van der Waals surface area contributed by atoms with Crippen molar-refractivity contribution in [2.24, 2.45) is 0 Å². The molecular formula is C75H128N10O10. The van der Waals surface area contributed by atoms with E-state index in [1.165, 1.54) is 38.5 Å². The average Bonchev–Trinajstić information content (AvgIpc) is 0.797. The molecule has 95 heavy (non-hydrogen) atoms. The molecule has 0 unspecified atom stereocenters. The van der Waals surface area contributed by atoms with E-state index in [2.05, 4.69) is 124 Å². The molecule has 0 amide bonds. The third-order valence-corrected chi connectivity index (χ3v) is 21.7. The Morgan fingerprint density at radius 1 is 0.442 bits per heavy atom. The van der Waals surface area contributed by atoms with Crippen molar-refractivity contribution in [1.29, 1.82) is 0 Å². The van der Waals surface area contributed by atoms with Crippen LogP contribution in [0.15, 0.2) is 48.5 Å². The number of benzene rings is 2. The molecule has 2 N–H and O–H groups in total. The topological polar surface area (TPSA) is 186 Å². The van der Waals surface area contributed by atoms with Gasteiger partial charge in [0.15, 0.2) is 0 Å². The number of ether oxygens (including phenoxy) is 3. The first kappa shape index (κ1) is 79.1. The Balaban J connectivity index is 0.000000188. The van der Waals surface area contributed by atoms with Crippen molar-refractivity contribution in [3.63, 3.8) is 0 Å². The van der Waals surface area contributed by atoms with Crippen molar-refractivity contribution < 1.29 is 48.4 Å². The molecule has 2 aromatic carbocycles. The SMILES string of the molecule is CC(C)N1CCC(C(=O)O)(N2CCCCC2)CC1.CC(C)N1CCC(N2CCCC[C@H]2C(=O)O)CC1.CCOC(=O)c1ccc(N2CCN(C(C)C)CC2)cc1.CCOC(=O)c1cccc(N2CCN(C(C)C)CC2)c1.COC(=O)C1(N2CCCCC2)CCN(C(C)C)CC1. The Morgan fingerprint density at radius 2 is 0.842 bits per heavy atom. The molecule has 8 saturated heterocycles. The maximum Gasteiger partial charge on any atom is 0.338 e. The Labute approximate surface area is 573 Å². The molecule has 0 saturated carbocycles. The lowest BCUT2D eigenvalue weighted by molar-refractivity contribution is -0.160. The number of nitrogens with zero attached hydrogens (tertiary/aromatic N) is 10. The lowest BCUT2D eigenvalue weighted by atomic mass is 9.83. The highest BCUT2D eigenvalue weighted by atomic mass is 16.5. The zero-order valence-corrected chi connectivity index (χ0v) is 61.2. The number of carboxylic acid groups (broad SMARTS) is 2. The number of hydrogen-bond donors (Lipinski definition) is 2. The molecule has 0 bridgehead atoms. The minimum atomic E-state index is -0.624. The van der Waals surface area contributed by atoms with Crippen LogP contribution in [0.3, 0.4) is 0 Å². The van der Waals surface area contributed by atoms with Gasteiger partial charge in [0.05, 0.1) is 31.5 Å². The standard InChI is InChI=1S/2C16H24N2O2.C15H28N2O2.2C14H26N2O2/c1-4-20-16(19)14-5-7-15(8-6-14)18-11-9-17(10-12-18)13(2)3;1-4-20-16(19)14-6-5-7-15(12-14)18-10-8-17(9-11-18)13(2)3;1-13(2)16-11-7-15(8-12-16,14(18)19-3)17-9-5-4-6-10-17;1-11(2)15-9-6-12(7-10-15)16-8-4-3-5-13(16)14(17)18;1-12(2)15-10-6-14(7-11-15,13(17)18)16-8-4-3-5-9-16/h5-8,13H,4,9-12H2,1-3H3;5-7,12-13H,4,8-11H2,1-3H3;13H,4-12H2,1-3H3;11-13H,3-10H2,1-2H3,(H,17,18);12H,3-11H2,1-2H3,(H,17,18)/t;;;13-;/m...0./s1. The van der Waals surface area contributed by atoms with Gasteiger partial charge in [-0.15, -0.1) is 0 Å². The molecule has 8 aliphatic heterocycles. The molecule has 8 fully saturated rings. The van der Waals surface area contributed by atoms with E-state index >= 15 is 0 Å². The van der Waals surface area contributed by atoms with Crippen molar-refractivity contribution in [1.82, 2.24) is 39.2 Å². The molecule has 0 aliphatic carbocycles. The molecule has 0 aromatic heterocycles. The number of aliphatic carboxylic acids is 2. The summed E-state index contributed by atoms with van der Waals surface area (Å²) in [5, 5.41) is 19.0. The van der Waals surface area contributed by atoms with Crippen LogP contribution in [0.1, 0.15) is 200 Å². The summed E-state index contributed by atoms with van der Waals surface area (Å²) in [6.07, 6.45) is 16.0. The van der Waals surface area contributed by atoms with Gasteiger partial charge in [0.2, 0.25) is 0 Å². The third-order valence-electron chi connectivity index (χ3n) is 21.7. The van der Waals surface area contributed by atoms with Gasteiger partial charge in [-0.2, -0.15) is 0 Å². The van der Waals surface area contributed by atoms with Crippen molar-refractivity contribution in [2.75, 3.05) is 154 Å². The molecule has 8 aliphatic rings. The van der Waals surface area contributed by atoms with Crippen LogP contribution in [-0.2, 0) is 28.6 Å². The van der Waals surface area contributed by atoms with Crippen LogP contribution >= 0.6 is 0 Å². The molecule has 20 nitrogen and oxygen atoms in total. The average molecular weight is 1330 g/mol. The predicted octanol–water partition coefficient (Wildman–Crippen LogP) is 10.3. The normalized spacial score (nSPS) is 22.5. The van der Waals surface area contributed by atoms with E-state index in [1.54, 1.807) is 0 Å². The second-order valence-electron chi connectivity index (χ2n) is 28.9. The quantitative estimate of drug-likeness (QED) is 0.112. The summed E-state index contributed by atoms with van der Waals surface area (Å²) in [5.74, 6) is -1.73. The van der Waals surface area contributed by atoms with Gasteiger partial charge < -0.3 is 48.9 Å². The summed E-state index contributed by atoms with van der Waals surface area (Å²) in [6.45, 7) is 46.2. The maximum atomic E-state index is 12.4. The fourth-order valence-electron chi connectivity index (χ4n) is 15.4. The van der Waals surface area contributed by atoms with E-state index in [0.717, 1.165) is 201 Å². The largest absolute Gasteiger partial charge is 0.480 e. The third kappa shape index (κ3) is 22.8. The van der Waals surface area contributed by atoms with Crippen LogP contribution in [-0.4, -0.2) is 277 Å². The monoisotopic (exact) mass is 1330 g/mol. The zero-order chi connectivity index (χ0) is 69.2. The Morgan fingerprint density at radius 3 is 1.26 bits per heavy atom. The minimum absolute atomic E-state index is 0.0159. The minimum Gasteiger partial charge on any atom is -0.480 e. The first-order valence-electron chi connectivity index (χ1n) is 37.0. The molecule has 0 radical (unpaired) electrons. The van der Waals surface area contributed by atoms with Crippen LogP contribution in [0.4, 0.5) is 11.4 Å². The Hall–Kier alpha value is -4.93. The van der Waals surface area contributed by atoms with Crippen LogP contribution in [0.5, 0.6) is 0 Å². The fraction of sp³-hybridized carbons (Fsp3) is 0.773. The Bertz CT molecular complexity index is 2570. The summed E-state index contributed by atoms with van der Waals surface area (Å²) in [6, 6.07) is 18.6. The summed E-state index contributed by atoms with van der Waals surface area (Å²) in [5.41, 5.74) is 2.62. The molecule has 1 atom stereocenters. The van der Waals surface area contributed by atoms with Crippen molar-refractivity contribution >= 4 is 41.2 Å². The second-order valence-corrected chi connectivity index (χ2v) is 28.9. The number of rotatable bonds is 17. The maximum absolute atomic E-state index is 12.4. The summed E-state index contributed by atoms with van der Waals surface area (Å²) in [4.78, 5) is 82.8. The van der Waals surface area contributed by atoms with E-state index in [-0.39, 0.29) is 29.5 Å². The number of piperazine rings is 2. The van der Waals surface area contributed by atoms with Gasteiger partial charge in [0.1, 0.15) is 17.1 Å². The molecule has 10 rings (SSSR count). The van der Waals surface area contributed by atoms with Gasteiger partial charge in [0.25, 0.3) is 0 Å². The Kier molecular flexibility index (Phi) is 33.0. The number of likely N-dealkylation sites (tertiary alicyclic amines) is 6. The number of carbonyl (C=O) groups is 5. The summed E-state index contributed by atoms with van der Waals surface area (Å²) >= 11 is 0. The lowest BCUT2D eigenvalue weighted by Crippen LogP contribution is -2.62. The number of piperidine rings is 6. The number of hydrogen-bond acceptors (Lipinski definition) is 18. The molecule has 0 spiro atoms. The highest BCUT2D eigenvalue weighted by molar-refractivity contribution is 5.91. The molecular weight excluding hydrogens is 1200 g/mol. The van der Waals surface area contributed by atoms with Gasteiger partial charge in [-0.1, -0.05) is 25.3 Å². The first-order valence-corrected chi connectivity index (χ1v) is 37.0. The first-order chi connectivity index (χ1) is 45.5. The number of carboxylic acids is 2. The summed E-state index contributed by atoms with van der Waals surface area (Å²) < 4.78 is 15.2. The van der Waals surface area contributed by atoms with Crippen molar-refractivity contribution in [3.05, 3.63) is 59.7 Å². The summed E-state index contributed by atoms with van der Waals surface area (Å²) in [7, 11) is 1.53. The van der Waals surface area contributed by atoms with E-state index in [1.807, 2.05) is 56.3 Å². The van der Waals surface area contributed by atoms with E-state index in [0.29, 0.717) is 60.6 Å². The van der Waals surface area contributed by atoms with Gasteiger partial charge in [-0.05, 0) is 248 Å². The van der Waals surface area contributed by atoms with Crippen molar-refractivity contribution in [3.8, 4) is 0 Å². The second kappa shape index (κ2) is 39.6. The van der Waals surface area contributed by atoms with Gasteiger partial charge in [-0.3, -0.25) is 38.9 Å². The van der Waals surface area contributed by atoms with Gasteiger partial charge in [-0.25, -0.2) is 9.59 Å². The fourth-order valence-corrected chi connectivity index (χ4v) is 15.4. The van der Waals surface area contributed by atoms with Crippen LogP contribution in [0.2, 0.25) is 0 Å². The molecule has 538 valence electrons. The van der Waals surface area contributed by atoms with E-state index in [9.17, 15) is 34.2 Å². The number of methoxy groups -OCH3 is 1. The number of esters is 3. The van der Waals surface area contributed by atoms with Gasteiger partial charge >= 0.3 is 29.8 Å². The molecule has 2 aromatic rings. The van der Waals surface area contributed by atoms with Gasteiger partial charge in [0, 0.05) is 126 Å². The van der Waals surface area contributed by atoms with E-state index < -0.39 is 17.5 Å². The molecule has 20 heteroatoms. The number of anilines is 2. The van der Waals surface area contributed by atoms with Crippen LogP contribution in [0, 0.1) is 0 Å². The smallest absolute Gasteiger partial charge is 0.338 e. The van der Waals surface area contributed by atoms with Crippen molar-refractivity contribution in [2.45, 2.75) is 233 Å². The predicted molar refractivity (Wildman–Crippen MR) is 382 cm³/mol. The van der Waals surface area contributed by atoms with E-state index in [4.69, 9.17) is 14.2 Å². The van der Waals surface area contributed by atoms with Crippen LogP contribution < -0.4 is 9.80 Å². The molecule has 8 heterocycles. The zero-order valence-electron chi connectivity index (χ0n) is 61.2. The van der Waals surface area contributed by atoms with Crippen LogP contribution in [0.25, 0.3) is 0 Å². The highest BCUT2D eigenvalue weighted by Gasteiger charge is 2.49.